The lowest BCUT2D eigenvalue weighted by molar-refractivity contribution is -0.0819. The van der Waals surface area contributed by atoms with E-state index in [0.29, 0.717) is 0 Å². The van der Waals surface area contributed by atoms with Gasteiger partial charge in [-0.15, -0.1) is 0 Å². The summed E-state index contributed by atoms with van der Waals surface area (Å²) in [6.07, 6.45) is 2.06. The third-order valence-electron chi connectivity index (χ3n) is 3.40. The van der Waals surface area contributed by atoms with Gasteiger partial charge in [-0.05, 0) is 33.6 Å². The Labute approximate surface area is 90.8 Å². The summed E-state index contributed by atoms with van der Waals surface area (Å²) in [5, 5.41) is 0. The lowest BCUT2D eigenvalue weighted by Crippen LogP contribution is -2.70. The van der Waals surface area contributed by atoms with Crippen LogP contribution in [0.2, 0.25) is 0 Å². The van der Waals surface area contributed by atoms with E-state index < -0.39 is 5.60 Å². The molecule has 2 aliphatic rings. The lowest BCUT2D eigenvalue weighted by atomic mass is 9.60. The molecule has 0 aromatic carbocycles. The number of nitrogens with zero attached hydrogens (tertiary/aromatic N) is 1. The smallest absolute Gasteiger partial charge is 0.410 e. The average Bonchev–Trinajstić information content (AvgIpc) is 1.95. The number of amides is 1. The van der Waals surface area contributed by atoms with Crippen LogP contribution in [0.5, 0.6) is 0 Å². The van der Waals surface area contributed by atoms with Gasteiger partial charge in [0.05, 0.1) is 0 Å². The lowest BCUT2D eigenvalue weighted by Gasteiger charge is -2.59. The fraction of sp³-hybridized carbons (Fsp3) is 0.909. The molecule has 1 unspecified atom stereocenters. The molecule has 0 bridgehead atoms. The highest BCUT2D eigenvalue weighted by Gasteiger charge is 2.55. The van der Waals surface area contributed by atoms with Crippen LogP contribution in [0.25, 0.3) is 0 Å². The molecular formula is C11H20N2O2. The zero-order chi connectivity index (χ0) is 11.3. The van der Waals surface area contributed by atoms with Crippen molar-refractivity contribution >= 4 is 6.09 Å². The summed E-state index contributed by atoms with van der Waals surface area (Å²) >= 11 is 0. The molecule has 0 aromatic rings. The first-order valence-corrected chi connectivity index (χ1v) is 5.56. The maximum atomic E-state index is 11.6. The Morgan fingerprint density at radius 1 is 1.47 bits per heavy atom. The van der Waals surface area contributed by atoms with Gasteiger partial charge in [0.2, 0.25) is 0 Å². The molecule has 1 atom stereocenters. The van der Waals surface area contributed by atoms with Gasteiger partial charge in [-0.3, -0.25) is 0 Å². The van der Waals surface area contributed by atoms with Crippen molar-refractivity contribution in [2.45, 2.75) is 45.3 Å². The summed E-state index contributed by atoms with van der Waals surface area (Å²) in [4.78, 5) is 13.4. The van der Waals surface area contributed by atoms with E-state index in [1.54, 1.807) is 4.90 Å². The minimum atomic E-state index is -0.401. The van der Waals surface area contributed by atoms with E-state index in [4.69, 9.17) is 10.5 Å². The van der Waals surface area contributed by atoms with Crippen molar-refractivity contribution < 1.29 is 9.53 Å². The third-order valence-corrected chi connectivity index (χ3v) is 3.40. The molecule has 0 radical (unpaired) electrons. The van der Waals surface area contributed by atoms with Gasteiger partial charge in [0.15, 0.2) is 0 Å². The highest BCUT2D eigenvalue weighted by atomic mass is 16.6. The number of rotatable bonds is 0. The van der Waals surface area contributed by atoms with Crippen LogP contribution in [0.1, 0.15) is 33.6 Å². The van der Waals surface area contributed by atoms with Crippen molar-refractivity contribution in [2.75, 3.05) is 13.1 Å². The van der Waals surface area contributed by atoms with E-state index in [0.717, 1.165) is 25.9 Å². The average molecular weight is 212 g/mol. The zero-order valence-corrected chi connectivity index (χ0v) is 9.75. The van der Waals surface area contributed by atoms with Crippen molar-refractivity contribution in [1.82, 2.24) is 4.90 Å². The Hall–Kier alpha value is -0.770. The Balaban J connectivity index is 1.82. The van der Waals surface area contributed by atoms with Gasteiger partial charge in [0.25, 0.3) is 0 Å². The second-order valence-electron chi connectivity index (χ2n) is 5.84. The topological polar surface area (TPSA) is 55.6 Å². The second kappa shape index (κ2) is 3.11. The van der Waals surface area contributed by atoms with E-state index >= 15 is 0 Å². The van der Waals surface area contributed by atoms with Crippen LogP contribution in [0.4, 0.5) is 4.79 Å². The van der Waals surface area contributed by atoms with Crippen molar-refractivity contribution in [2.24, 2.45) is 11.1 Å². The molecule has 1 saturated carbocycles. The summed E-state index contributed by atoms with van der Waals surface area (Å²) in [6, 6.07) is 0.288. The van der Waals surface area contributed by atoms with Gasteiger partial charge in [-0.2, -0.15) is 0 Å². The fourth-order valence-electron chi connectivity index (χ4n) is 2.28. The van der Waals surface area contributed by atoms with E-state index in [1.807, 2.05) is 20.8 Å². The summed E-state index contributed by atoms with van der Waals surface area (Å²) in [5.41, 5.74) is 5.76. The molecule has 15 heavy (non-hydrogen) atoms. The Kier molecular flexibility index (Phi) is 2.23. The number of carbonyl (C=O) groups is 1. The minimum absolute atomic E-state index is 0.202. The number of carbonyl (C=O) groups excluding carboxylic acids is 1. The van der Waals surface area contributed by atoms with Gasteiger partial charge in [0.1, 0.15) is 5.60 Å². The molecule has 2 N–H and O–H groups in total. The van der Waals surface area contributed by atoms with Crippen molar-refractivity contribution in [3.8, 4) is 0 Å². The Morgan fingerprint density at radius 3 is 2.40 bits per heavy atom. The van der Waals surface area contributed by atoms with Crippen LogP contribution >= 0.6 is 0 Å². The molecule has 1 aliphatic carbocycles. The largest absolute Gasteiger partial charge is 0.444 e. The normalized spacial score (nSPS) is 28.3. The van der Waals surface area contributed by atoms with Crippen LogP contribution in [0.15, 0.2) is 0 Å². The van der Waals surface area contributed by atoms with Crippen LogP contribution in [-0.4, -0.2) is 35.7 Å². The first kappa shape index (κ1) is 10.7. The van der Waals surface area contributed by atoms with Crippen molar-refractivity contribution in [1.29, 1.82) is 0 Å². The van der Waals surface area contributed by atoms with Gasteiger partial charge in [-0.1, -0.05) is 0 Å². The molecule has 2 rings (SSSR count). The zero-order valence-electron chi connectivity index (χ0n) is 9.75. The quantitative estimate of drug-likeness (QED) is 0.659. The predicted molar refractivity (Wildman–Crippen MR) is 57.4 cm³/mol. The predicted octanol–water partition coefficient (Wildman–Crippen LogP) is 1.34. The Bertz CT molecular complexity index is 277. The van der Waals surface area contributed by atoms with Crippen molar-refractivity contribution in [3.05, 3.63) is 0 Å². The van der Waals surface area contributed by atoms with Gasteiger partial charge in [0, 0.05) is 24.5 Å². The van der Waals surface area contributed by atoms with Crippen LogP contribution < -0.4 is 5.73 Å². The third kappa shape index (κ3) is 1.83. The minimum Gasteiger partial charge on any atom is -0.444 e. The fourth-order valence-corrected chi connectivity index (χ4v) is 2.28. The molecule has 0 aromatic heterocycles. The first-order valence-electron chi connectivity index (χ1n) is 5.56. The van der Waals surface area contributed by atoms with E-state index in [9.17, 15) is 4.79 Å². The molecule has 1 spiro atoms. The van der Waals surface area contributed by atoms with E-state index in [-0.39, 0.29) is 17.6 Å². The number of hydrogen-bond donors (Lipinski definition) is 1. The molecular weight excluding hydrogens is 192 g/mol. The number of hydrogen-bond acceptors (Lipinski definition) is 3. The molecule has 1 saturated heterocycles. The SMILES string of the molecule is CC(C)(C)OC(=O)N1CC2(CCC2N)C1. The number of nitrogens with two attached hydrogens (primary N) is 1. The Morgan fingerprint density at radius 2 is 2.07 bits per heavy atom. The van der Waals surface area contributed by atoms with Gasteiger partial charge >= 0.3 is 6.09 Å². The molecule has 4 nitrogen and oxygen atoms in total. The van der Waals surface area contributed by atoms with Gasteiger partial charge < -0.3 is 15.4 Å². The first-order chi connectivity index (χ1) is 6.82. The summed E-state index contributed by atoms with van der Waals surface area (Å²) in [5.74, 6) is 0. The monoisotopic (exact) mass is 212 g/mol. The van der Waals surface area contributed by atoms with Crippen LogP contribution in [0, 0.1) is 5.41 Å². The van der Waals surface area contributed by atoms with E-state index in [2.05, 4.69) is 0 Å². The van der Waals surface area contributed by atoms with Crippen LogP contribution in [-0.2, 0) is 4.74 Å². The standard InChI is InChI=1S/C11H20N2O2/c1-10(2,3)15-9(14)13-6-11(7-13)5-4-8(11)12/h8H,4-7,12H2,1-3H3. The summed E-state index contributed by atoms with van der Waals surface area (Å²) in [7, 11) is 0. The molecule has 2 fully saturated rings. The number of ether oxygens (including phenoxy) is 1. The number of likely N-dealkylation sites (tertiary alicyclic amines) is 1. The second-order valence-corrected chi connectivity index (χ2v) is 5.84. The maximum Gasteiger partial charge on any atom is 0.410 e. The van der Waals surface area contributed by atoms with Crippen LogP contribution in [0.3, 0.4) is 0 Å². The van der Waals surface area contributed by atoms with Gasteiger partial charge in [-0.25, -0.2) is 4.79 Å². The molecule has 1 heterocycles. The molecule has 1 amide bonds. The van der Waals surface area contributed by atoms with Crippen molar-refractivity contribution in [3.63, 3.8) is 0 Å². The summed E-state index contributed by atoms with van der Waals surface area (Å²) in [6.45, 7) is 7.22. The molecule has 1 aliphatic heterocycles. The molecule has 86 valence electrons. The highest BCUT2D eigenvalue weighted by Crippen LogP contribution is 2.47. The summed E-state index contributed by atoms with van der Waals surface area (Å²) < 4.78 is 5.28. The molecule has 4 heteroatoms. The van der Waals surface area contributed by atoms with E-state index in [1.165, 1.54) is 0 Å². The highest BCUT2D eigenvalue weighted by molar-refractivity contribution is 5.69. The maximum absolute atomic E-state index is 11.6.